The van der Waals surface area contributed by atoms with Crippen LogP contribution < -0.4 is 10.1 Å². The van der Waals surface area contributed by atoms with Crippen molar-refractivity contribution in [3.8, 4) is 11.5 Å². The van der Waals surface area contributed by atoms with Crippen molar-refractivity contribution in [1.82, 2.24) is 10.3 Å². The van der Waals surface area contributed by atoms with Crippen LogP contribution in [0.25, 0.3) is 0 Å². The summed E-state index contributed by atoms with van der Waals surface area (Å²) in [5, 5.41) is 3.19. The Balaban J connectivity index is 2.21. The largest absolute Gasteiger partial charge is 0.454 e. The Bertz CT molecular complexity index is 517. The fourth-order valence-electron chi connectivity index (χ4n) is 1.55. The molecule has 0 saturated carbocycles. The number of rotatable bonds is 5. The second-order valence-corrected chi connectivity index (χ2v) is 3.80. The summed E-state index contributed by atoms with van der Waals surface area (Å²) < 4.78 is 19.1. The summed E-state index contributed by atoms with van der Waals surface area (Å²) in [6.07, 6.45) is 3.35. The van der Waals surface area contributed by atoms with Crippen LogP contribution in [0, 0.1) is 5.82 Å². The second-order valence-electron chi connectivity index (χ2n) is 3.80. The van der Waals surface area contributed by atoms with Crippen LogP contribution in [0.15, 0.2) is 42.7 Å². The Kier molecular flexibility index (Phi) is 4.25. The van der Waals surface area contributed by atoms with E-state index in [1.165, 1.54) is 6.07 Å². The Morgan fingerprint density at radius 2 is 2.06 bits per heavy atom. The summed E-state index contributed by atoms with van der Waals surface area (Å²) >= 11 is 0. The van der Waals surface area contributed by atoms with Gasteiger partial charge in [-0.2, -0.15) is 0 Å². The Morgan fingerprint density at radius 3 is 2.83 bits per heavy atom. The van der Waals surface area contributed by atoms with Gasteiger partial charge in [0.05, 0.1) is 0 Å². The first-order valence-corrected chi connectivity index (χ1v) is 5.87. The van der Waals surface area contributed by atoms with E-state index in [9.17, 15) is 4.39 Å². The summed E-state index contributed by atoms with van der Waals surface area (Å²) in [4.78, 5) is 4.05. The van der Waals surface area contributed by atoms with Crippen molar-refractivity contribution >= 4 is 0 Å². The number of aromatic nitrogens is 1. The van der Waals surface area contributed by atoms with Gasteiger partial charge in [0.15, 0.2) is 11.6 Å². The van der Waals surface area contributed by atoms with E-state index in [1.807, 2.05) is 6.92 Å². The number of pyridine rings is 1. The molecule has 0 aliphatic rings. The molecule has 0 bridgehead atoms. The topological polar surface area (TPSA) is 34.2 Å². The maximum atomic E-state index is 13.5. The third-order valence-electron chi connectivity index (χ3n) is 2.48. The molecule has 0 unspecified atom stereocenters. The van der Waals surface area contributed by atoms with Crippen LogP contribution in [-0.4, -0.2) is 11.5 Å². The molecular formula is C14H15FN2O. The fourth-order valence-corrected chi connectivity index (χ4v) is 1.55. The number of nitrogens with zero attached hydrogens (tertiary/aromatic N) is 1. The lowest BCUT2D eigenvalue weighted by molar-refractivity contribution is 0.435. The highest BCUT2D eigenvalue weighted by Gasteiger charge is 2.07. The number of hydrogen-bond donors (Lipinski definition) is 1. The van der Waals surface area contributed by atoms with Crippen LogP contribution in [0.5, 0.6) is 11.5 Å². The van der Waals surface area contributed by atoms with E-state index in [0.717, 1.165) is 12.1 Å². The molecule has 1 aromatic heterocycles. The number of benzene rings is 1. The molecule has 0 saturated heterocycles. The van der Waals surface area contributed by atoms with Gasteiger partial charge in [0, 0.05) is 24.5 Å². The SMILES string of the molecule is CCNCc1cnccc1Oc1ccccc1F. The van der Waals surface area contributed by atoms with E-state index in [4.69, 9.17) is 4.74 Å². The minimum atomic E-state index is -0.372. The summed E-state index contributed by atoms with van der Waals surface area (Å²) in [5.41, 5.74) is 0.905. The van der Waals surface area contributed by atoms with E-state index < -0.39 is 0 Å². The number of nitrogens with one attached hydrogen (secondary N) is 1. The zero-order valence-corrected chi connectivity index (χ0v) is 10.2. The van der Waals surface area contributed by atoms with E-state index >= 15 is 0 Å². The van der Waals surface area contributed by atoms with E-state index in [0.29, 0.717) is 12.3 Å². The zero-order chi connectivity index (χ0) is 12.8. The summed E-state index contributed by atoms with van der Waals surface area (Å²) in [7, 11) is 0. The lowest BCUT2D eigenvalue weighted by Gasteiger charge is -2.11. The van der Waals surface area contributed by atoms with Crippen LogP contribution >= 0.6 is 0 Å². The van der Waals surface area contributed by atoms with Crippen molar-refractivity contribution in [2.24, 2.45) is 0 Å². The molecule has 2 rings (SSSR count). The molecular weight excluding hydrogens is 231 g/mol. The van der Waals surface area contributed by atoms with Crippen molar-refractivity contribution in [2.45, 2.75) is 13.5 Å². The van der Waals surface area contributed by atoms with Gasteiger partial charge in [0.25, 0.3) is 0 Å². The Labute approximate surface area is 106 Å². The highest BCUT2D eigenvalue weighted by Crippen LogP contribution is 2.26. The molecule has 1 N–H and O–H groups in total. The van der Waals surface area contributed by atoms with E-state index in [2.05, 4.69) is 10.3 Å². The number of halogens is 1. The predicted molar refractivity (Wildman–Crippen MR) is 68.1 cm³/mol. The molecule has 0 amide bonds. The Morgan fingerprint density at radius 1 is 1.22 bits per heavy atom. The molecule has 2 aromatic rings. The van der Waals surface area contributed by atoms with Crippen molar-refractivity contribution in [3.05, 3.63) is 54.1 Å². The summed E-state index contributed by atoms with van der Waals surface area (Å²) in [6, 6.07) is 8.09. The summed E-state index contributed by atoms with van der Waals surface area (Å²) in [6.45, 7) is 3.52. The van der Waals surface area contributed by atoms with Crippen LogP contribution in [0.2, 0.25) is 0 Å². The number of para-hydroxylation sites is 1. The van der Waals surface area contributed by atoms with E-state index in [1.54, 1.807) is 36.7 Å². The molecule has 0 radical (unpaired) electrons. The van der Waals surface area contributed by atoms with Crippen molar-refractivity contribution < 1.29 is 9.13 Å². The monoisotopic (exact) mass is 246 g/mol. The lowest BCUT2D eigenvalue weighted by atomic mass is 10.2. The predicted octanol–water partition coefficient (Wildman–Crippen LogP) is 3.12. The minimum absolute atomic E-state index is 0.224. The van der Waals surface area contributed by atoms with Gasteiger partial charge in [-0.15, -0.1) is 0 Å². The number of hydrogen-bond acceptors (Lipinski definition) is 3. The molecule has 3 nitrogen and oxygen atoms in total. The normalized spacial score (nSPS) is 10.3. The molecule has 0 aliphatic carbocycles. The van der Waals surface area contributed by atoms with Gasteiger partial charge in [0.1, 0.15) is 5.75 Å². The molecule has 0 spiro atoms. The molecule has 1 heterocycles. The van der Waals surface area contributed by atoms with E-state index in [-0.39, 0.29) is 11.6 Å². The second kappa shape index (κ2) is 6.12. The zero-order valence-electron chi connectivity index (χ0n) is 10.2. The fraction of sp³-hybridized carbons (Fsp3) is 0.214. The molecule has 1 aromatic carbocycles. The first kappa shape index (κ1) is 12.5. The third kappa shape index (κ3) is 3.05. The van der Waals surface area contributed by atoms with Crippen molar-refractivity contribution in [1.29, 1.82) is 0 Å². The van der Waals surface area contributed by atoms with Crippen molar-refractivity contribution in [2.75, 3.05) is 6.54 Å². The van der Waals surface area contributed by atoms with Gasteiger partial charge in [-0.1, -0.05) is 19.1 Å². The minimum Gasteiger partial charge on any atom is -0.454 e. The molecule has 0 aliphatic heterocycles. The smallest absolute Gasteiger partial charge is 0.165 e. The van der Waals surface area contributed by atoms with Gasteiger partial charge < -0.3 is 10.1 Å². The molecule has 18 heavy (non-hydrogen) atoms. The van der Waals surface area contributed by atoms with Crippen molar-refractivity contribution in [3.63, 3.8) is 0 Å². The van der Waals surface area contributed by atoms with Crippen LogP contribution in [0.4, 0.5) is 4.39 Å². The molecule has 0 atom stereocenters. The third-order valence-corrected chi connectivity index (χ3v) is 2.48. The van der Waals surface area contributed by atoms with Gasteiger partial charge in [-0.3, -0.25) is 4.98 Å². The Hall–Kier alpha value is -1.94. The van der Waals surface area contributed by atoms with Crippen LogP contribution in [0.3, 0.4) is 0 Å². The first-order valence-electron chi connectivity index (χ1n) is 5.87. The quantitative estimate of drug-likeness (QED) is 0.880. The average molecular weight is 246 g/mol. The van der Waals surface area contributed by atoms with Gasteiger partial charge in [-0.05, 0) is 24.7 Å². The maximum absolute atomic E-state index is 13.5. The maximum Gasteiger partial charge on any atom is 0.165 e. The summed E-state index contributed by atoms with van der Waals surface area (Å²) in [5.74, 6) is 0.473. The van der Waals surface area contributed by atoms with Crippen LogP contribution in [0.1, 0.15) is 12.5 Å². The van der Waals surface area contributed by atoms with Gasteiger partial charge >= 0.3 is 0 Å². The molecule has 94 valence electrons. The highest BCUT2D eigenvalue weighted by atomic mass is 19.1. The van der Waals surface area contributed by atoms with Gasteiger partial charge in [-0.25, -0.2) is 4.39 Å². The van der Waals surface area contributed by atoms with Crippen LogP contribution in [-0.2, 0) is 6.54 Å². The average Bonchev–Trinajstić information content (AvgIpc) is 2.40. The van der Waals surface area contributed by atoms with Gasteiger partial charge in [0.2, 0.25) is 0 Å². The first-order chi connectivity index (χ1) is 8.81. The number of ether oxygens (including phenoxy) is 1. The standard InChI is InChI=1S/C14H15FN2O/c1-2-16-9-11-10-17-8-7-13(11)18-14-6-4-3-5-12(14)15/h3-8,10,16H,2,9H2,1H3. The molecule has 0 fully saturated rings. The molecule has 4 heteroatoms. The highest BCUT2D eigenvalue weighted by molar-refractivity contribution is 5.36. The lowest BCUT2D eigenvalue weighted by Crippen LogP contribution is -2.12.